The Kier molecular flexibility index (Phi) is 3.45. The quantitative estimate of drug-likeness (QED) is 0.380. The van der Waals surface area contributed by atoms with Crippen LogP contribution in [-0.2, 0) is 0 Å². The Morgan fingerprint density at radius 1 is 1.27 bits per heavy atom. The summed E-state index contributed by atoms with van der Waals surface area (Å²) in [6.45, 7) is 0. The lowest BCUT2D eigenvalue weighted by Gasteiger charge is -2.31. The van der Waals surface area contributed by atoms with Crippen LogP contribution in [0.3, 0.4) is 0 Å². The van der Waals surface area contributed by atoms with Crippen molar-refractivity contribution in [2.75, 3.05) is 0 Å². The lowest BCUT2D eigenvalue weighted by molar-refractivity contribution is -0.385. The molecule has 0 bridgehead atoms. The molecule has 22 heavy (non-hydrogen) atoms. The first kappa shape index (κ1) is 14.7. The summed E-state index contributed by atoms with van der Waals surface area (Å²) in [6.07, 6.45) is 0.916. The van der Waals surface area contributed by atoms with Crippen LogP contribution in [0, 0.1) is 10.1 Å². The highest BCUT2D eigenvalue weighted by Crippen LogP contribution is 2.33. The van der Waals surface area contributed by atoms with E-state index >= 15 is 0 Å². The second-order valence-corrected chi connectivity index (χ2v) is 5.84. The summed E-state index contributed by atoms with van der Waals surface area (Å²) in [6, 6.07) is 3.37. The van der Waals surface area contributed by atoms with Crippen molar-refractivity contribution in [2.24, 2.45) is 0 Å². The van der Waals surface area contributed by atoms with E-state index in [2.05, 4.69) is 5.32 Å². The first-order valence-corrected chi connectivity index (χ1v) is 7.22. The van der Waals surface area contributed by atoms with Gasteiger partial charge in [-0.15, -0.1) is 0 Å². The van der Waals surface area contributed by atoms with Crippen molar-refractivity contribution in [3.8, 4) is 0 Å². The van der Waals surface area contributed by atoms with Crippen molar-refractivity contribution in [1.29, 1.82) is 0 Å². The van der Waals surface area contributed by atoms with E-state index in [-0.39, 0.29) is 21.8 Å². The highest BCUT2D eigenvalue weighted by Gasteiger charge is 2.46. The first-order valence-electron chi connectivity index (χ1n) is 6.41. The molecule has 0 aromatic heterocycles. The molecule has 1 N–H and O–H groups in total. The topological polar surface area (TPSA) is 92.5 Å². The molecule has 1 saturated heterocycles. The van der Waals surface area contributed by atoms with E-state index in [4.69, 9.17) is 24.4 Å². The minimum absolute atomic E-state index is 0.0372. The molecule has 1 unspecified atom stereocenters. The van der Waals surface area contributed by atoms with E-state index < -0.39 is 22.8 Å². The largest absolute Gasteiger partial charge is 0.343 e. The van der Waals surface area contributed by atoms with Crippen LogP contribution in [0.4, 0.5) is 5.69 Å². The molecule has 0 radical (unpaired) electrons. The van der Waals surface area contributed by atoms with E-state index in [1.165, 1.54) is 18.2 Å². The maximum Gasteiger partial charge on any atom is 0.282 e. The number of carbonyl (C=O) groups excluding carboxylic acids is 2. The molecular weight excluding hydrogens is 326 g/mol. The number of nitrogens with zero attached hydrogens (tertiary/aromatic N) is 2. The Bertz CT molecular complexity index is 762. The van der Waals surface area contributed by atoms with E-state index in [9.17, 15) is 19.7 Å². The van der Waals surface area contributed by atoms with E-state index in [0.29, 0.717) is 17.8 Å². The zero-order valence-corrected chi connectivity index (χ0v) is 12.7. The fourth-order valence-electron chi connectivity index (χ4n) is 2.65. The third-order valence-corrected chi connectivity index (χ3v) is 4.32. The van der Waals surface area contributed by atoms with Gasteiger partial charge in [-0.3, -0.25) is 24.6 Å². The number of piperidine rings is 1. The van der Waals surface area contributed by atoms with Crippen LogP contribution in [0.2, 0.25) is 0 Å². The molecule has 9 heteroatoms. The number of amides is 2. The second-order valence-electron chi connectivity index (χ2n) is 4.90. The SMILES string of the molecule is O=C1c2cccc([N+](=O)[O-])c2C(=O)N1C1CCC(=S)NC1=S. The van der Waals surface area contributed by atoms with Crippen molar-refractivity contribution in [3.63, 3.8) is 0 Å². The molecule has 1 fully saturated rings. The fraction of sp³-hybridized carbons (Fsp3) is 0.231. The Labute approximate surface area is 135 Å². The summed E-state index contributed by atoms with van der Waals surface area (Å²) >= 11 is 10.2. The Balaban J connectivity index is 2.04. The summed E-state index contributed by atoms with van der Waals surface area (Å²) in [5, 5.41) is 13.9. The third-order valence-electron chi connectivity index (χ3n) is 3.64. The third kappa shape index (κ3) is 2.09. The van der Waals surface area contributed by atoms with Crippen LogP contribution >= 0.6 is 24.4 Å². The Morgan fingerprint density at radius 3 is 2.64 bits per heavy atom. The molecule has 2 amide bonds. The summed E-state index contributed by atoms with van der Waals surface area (Å²) in [5.41, 5.74) is -0.507. The number of carbonyl (C=O) groups is 2. The molecule has 0 saturated carbocycles. The number of thiocarbonyl (C=S) groups is 2. The fourth-order valence-corrected chi connectivity index (χ4v) is 3.29. The summed E-state index contributed by atoms with van der Waals surface area (Å²) in [7, 11) is 0. The highest BCUT2D eigenvalue weighted by molar-refractivity contribution is 7.82. The van der Waals surface area contributed by atoms with Gasteiger partial charge in [0.15, 0.2) is 0 Å². The molecule has 0 spiro atoms. The number of fused-ring (bicyclic) bond motifs is 1. The van der Waals surface area contributed by atoms with Gasteiger partial charge in [0.25, 0.3) is 17.5 Å². The molecule has 1 aromatic carbocycles. The number of nitro groups is 1. The van der Waals surface area contributed by atoms with Crippen molar-refractivity contribution in [1.82, 2.24) is 10.2 Å². The summed E-state index contributed by atoms with van der Waals surface area (Å²) < 4.78 is 0. The van der Waals surface area contributed by atoms with Crippen molar-refractivity contribution in [2.45, 2.75) is 18.9 Å². The lowest BCUT2D eigenvalue weighted by atomic mass is 10.1. The number of hydrogen-bond donors (Lipinski definition) is 1. The number of rotatable bonds is 2. The van der Waals surface area contributed by atoms with Crippen LogP contribution in [-0.4, -0.2) is 37.7 Å². The number of hydrogen-bond acceptors (Lipinski definition) is 6. The molecule has 1 aromatic rings. The number of nitrogens with one attached hydrogen (secondary N) is 1. The van der Waals surface area contributed by atoms with Gasteiger partial charge in [-0.2, -0.15) is 0 Å². The number of imide groups is 1. The van der Waals surface area contributed by atoms with Gasteiger partial charge < -0.3 is 5.32 Å². The molecule has 7 nitrogen and oxygen atoms in total. The zero-order chi connectivity index (χ0) is 16.0. The predicted molar refractivity (Wildman–Crippen MR) is 85.0 cm³/mol. The molecule has 112 valence electrons. The smallest absolute Gasteiger partial charge is 0.282 e. The Hall–Kier alpha value is -2.26. The van der Waals surface area contributed by atoms with Crippen LogP contribution in [0.25, 0.3) is 0 Å². The van der Waals surface area contributed by atoms with Gasteiger partial charge >= 0.3 is 0 Å². The van der Waals surface area contributed by atoms with Crippen LogP contribution < -0.4 is 5.32 Å². The van der Waals surface area contributed by atoms with Gasteiger partial charge in [-0.25, -0.2) is 0 Å². The second kappa shape index (κ2) is 5.18. The maximum atomic E-state index is 12.5. The molecule has 3 rings (SSSR count). The predicted octanol–water partition coefficient (Wildman–Crippen LogP) is 1.60. The van der Waals surface area contributed by atoms with E-state index in [0.717, 1.165) is 4.90 Å². The zero-order valence-electron chi connectivity index (χ0n) is 11.1. The van der Waals surface area contributed by atoms with Gasteiger partial charge in [-0.05, 0) is 12.5 Å². The van der Waals surface area contributed by atoms with Gasteiger partial charge in [0.2, 0.25) is 0 Å². The minimum Gasteiger partial charge on any atom is -0.343 e. The minimum atomic E-state index is -0.686. The first-order chi connectivity index (χ1) is 10.4. The summed E-state index contributed by atoms with van der Waals surface area (Å²) in [5.74, 6) is -1.25. The number of nitro benzene ring substituents is 1. The van der Waals surface area contributed by atoms with E-state index in [1.54, 1.807) is 0 Å². The number of benzene rings is 1. The van der Waals surface area contributed by atoms with Gasteiger partial charge in [0, 0.05) is 12.5 Å². The van der Waals surface area contributed by atoms with Crippen LogP contribution in [0.5, 0.6) is 0 Å². The van der Waals surface area contributed by atoms with Crippen molar-refractivity contribution < 1.29 is 14.5 Å². The standard InChI is InChI=1S/C13H9N3O4S2/c17-12-6-2-1-3-7(16(19)20)10(6)13(18)15(12)8-4-5-9(21)14-11(8)22/h1-3,8H,4-5H2,(H,14,21,22). The van der Waals surface area contributed by atoms with Crippen molar-refractivity contribution in [3.05, 3.63) is 39.4 Å². The molecule has 2 aliphatic rings. The van der Waals surface area contributed by atoms with Gasteiger partial charge in [0.1, 0.15) is 10.6 Å². The monoisotopic (exact) mass is 335 g/mol. The average Bonchev–Trinajstić information content (AvgIpc) is 2.72. The van der Waals surface area contributed by atoms with Crippen molar-refractivity contribution >= 4 is 51.9 Å². The normalized spacial score (nSPS) is 20.9. The molecule has 0 aliphatic carbocycles. The molecule has 1 atom stereocenters. The Morgan fingerprint density at radius 2 is 2.00 bits per heavy atom. The molecule has 2 heterocycles. The van der Waals surface area contributed by atoms with Gasteiger partial charge in [-0.1, -0.05) is 30.5 Å². The van der Waals surface area contributed by atoms with E-state index in [1.807, 2.05) is 0 Å². The summed E-state index contributed by atoms with van der Waals surface area (Å²) in [4.78, 5) is 37.3. The van der Waals surface area contributed by atoms with Crippen LogP contribution in [0.1, 0.15) is 33.6 Å². The molecule has 2 aliphatic heterocycles. The molecular formula is C13H9N3O4S2. The maximum absolute atomic E-state index is 12.5. The van der Waals surface area contributed by atoms with Gasteiger partial charge in [0.05, 0.1) is 21.5 Å². The van der Waals surface area contributed by atoms with Crippen LogP contribution in [0.15, 0.2) is 18.2 Å². The average molecular weight is 335 g/mol. The lowest BCUT2D eigenvalue weighted by Crippen LogP contribution is -2.53. The highest BCUT2D eigenvalue weighted by atomic mass is 32.1.